The summed E-state index contributed by atoms with van der Waals surface area (Å²) in [5.41, 5.74) is 0.302. The van der Waals surface area contributed by atoms with Crippen LogP contribution in [0.4, 0.5) is 23.2 Å². The van der Waals surface area contributed by atoms with Crippen molar-refractivity contribution in [3.8, 4) is 17.0 Å². The van der Waals surface area contributed by atoms with E-state index in [1.807, 2.05) is 38.1 Å². The van der Waals surface area contributed by atoms with Gasteiger partial charge in [-0.2, -0.15) is 0 Å². The number of hydrogen-bond donors (Lipinski definition) is 1. The van der Waals surface area contributed by atoms with Crippen molar-refractivity contribution in [2.75, 3.05) is 24.6 Å². The van der Waals surface area contributed by atoms with E-state index in [-0.39, 0.29) is 33.9 Å². The van der Waals surface area contributed by atoms with E-state index in [1.54, 1.807) is 4.90 Å². The molecule has 0 saturated carbocycles. The standard InChI is InChI=1S/C28H24F4N4O2/c1-3-36(4-2)27-18(28(37)35-21-9-10-38-22-8-6-5-7-16(21)22)13-33-26-23(27)20(31)14-34-25(26)17-11-15(29)12-19(30)24(17)32/h5-8,11-14,21H,3-4,9-10H2,1-2H3,(H,35,37)/t21-/m0/s1. The minimum absolute atomic E-state index is 0.0946. The first-order valence-electron chi connectivity index (χ1n) is 12.2. The van der Waals surface area contributed by atoms with E-state index in [0.717, 1.165) is 17.8 Å². The number of aromatic nitrogens is 2. The first-order valence-corrected chi connectivity index (χ1v) is 12.2. The van der Waals surface area contributed by atoms with Crippen LogP contribution in [0, 0.1) is 23.3 Å². The van der Waals surface area contributed by atoms with Crippen molar-refractivity contribution in [1.29, 1.82) is 0 Å². The van der Waals surface area contributed by atoms with Crippen LogP contribution >= 0.6 is 0 Å². The predicted molar refractivity (Wildman–Crippen MR) is 135 cm³/mol. The van der Waals surface area contributed by atoms with Gasteiger partial charge < -0.3 is 15.0 Å². The topological polar surface area (TPSA) is 67.4 Å². The van der Waals surface area contributed by atoms with E-state index in [9.17, 15) is 18.0 Å². The molecule has 38 heavy (non-hydrogen) atoms. The highest BCUT2D eigenvalue weighted by atomic mass is 19.2. The number of nitrogens with one attached hydrogen (secondary N) is 1. The van der Waals surface area contributed by atoms with Crippen LogP contribution in [0.5, 0.6) is 5.75 Å². The van der Waals surface area contributed by atoms with Crippen molar-refractivity contribution in [2.24, 2.45) is 0 Å². The summed E-state index contributed by atoms with van der Waals surface area (Å²) in [7, 11) is 0. The minimum atomic E-state index is -1.41. The Hall–Kier alpha value is -4.21. The summed E-state index contributed by atoms with van der Waals surface area (Å²) < 4.78 is 63.8. The molecule has 4 aromatic rings. The van der Waals surface area contributed by atoms with Crippen LogP contribution in [0.15, 0.2) is 48.8 Å². The lowest BCUT2D eigenvalue weighted by Crippen LogP contribution is -2.34. The number of nitrogens with zero attached hydrogens (tertiary/aromatic N) is 3. The quantitative estimate of drug-likeness (QED) is 0.249. The van der Waals surface area contributed by atoms with E-state index in [0.29, 0.717) is 37.9 Å². The van der Waals surface area contributed by atoms with Crippen molar-refractivity contribution >= 4 is 22.5 Å². The third-order valence-corrected chi connectivity index (χ3v) is 6.66. The van der Waals surface area contributed by atoms with Crippen LogP contribution in [0.25, 0.3) is 22.2 Å². The SMILES string of the molecule is CCN(CC)c1c(C(=O)N[C@H]2CCOc3ccccc32)cnc2c(-c3cc(F)cc(F)c3F)ncc(F)c12. The maximum Gasteiger partial charge on any atom is 0.255 e. The molecule has 1 atom stereocenters. The second kappa shape index (κ2) is 10.3. The third kappa shape index (κ3) is 4.40. The lowest BCUT2D eigenvalue weighted by Gasteiger charge is -2.29. The highest BCUT2D eigenvalue weighted by Crippen LogP contribution is 2.38. The van der Waals surface area contributed by atoms with Gasteiger partial charge in [0.25, 0.3) is 5.91 Å². The number of para-hydroxylation sites is 1. The molecule has 6 nitrogen and oxygen atoms in total. The Morgan fingerprint density at radius 2 is 1.82 bits per heavy atom. The fourth-order valence-corrected chi connectivity index (χ4v) is 4.84. The molecule has 0 bridgehead atoms. The largest absolute Gasteiger partial charge is 0.493 e. The predicted octanol–water partition coefficient (Wildman–Crippen LogP) is 5.95. The zero-order chi connectivity index (χ0) is 27.0. The van der Waals surface area contributed by atoms with Gasteiger partial charge in [0.15, 0.2) is 17.5 Å². The Labute approximate surface area is 216 Å². The number of fused-ring (bicyclic) bond motifs is 2. The van der Waals surface area contributed by atoms with Gasteiger partial charge in [0.1, 0.15) is 17.1 Å². The highest BCUT2D eigenvalue weighted by Gasteiger charge is 2.28. The Morgan fingerprint density at radius 1 is 1.05 bits per heavy atom. The number of hydrogen-bond acceptors (Lipinski definition) is 5. The molecular weight excluding hydrogens is 500 g/mol. The second-order valence-corrected chi connectivity index (χ2v) is 8.82. The van der Waals surface area contributed by atoms with E-state index in [4.69, 9.17) is 4.74 Å². The van der Waals surface area contributed by atoms with Crippen LogP contribution in [-0.2, 0) is 0 Å². The van der Waals surface area contributed by atoms with Crippen molar-refractivity contribution in [2.45, 2.75) is 26.3 Å². The molecule has 0 saturated heterocycles. The molecule has 2 aromatic carbocycles. The van der Waals surface area contributed by atoms with Crippen molar-refractivity contribution in [3.05, 3.63) is 83.2 Å². The maximum absolute atomic E-state index is 15.4. The molecule has 5 rings (SSSR count). The molecule has 2 aromatic heterocycles. The third-order valence-electron chi connectivity index (χ3n) is 6.66. The molecule has 3 heterocycles. The molecule has 1 aliphatic heterocycles. The second-order valence-electron chi connectivity index (χ2n) is 8.82. The van der Waals surface area contributed by atoms with E-state index >= 15 is 4.39 Å². The Balaban J connectivity index is 1.68. The maximum atomic E-state index is 15.4. The number of halogens is 4. The molecular formula is C28H24F4N4O2. The summed E-state index contributed by atoms with van der Waals surface area (Å²) in [6.45, 7) is 4.92. The van der Waals surface area contributed by atoms with Crippen LogP contribution in [0.2, 0.25) is 0 Å². The number of amides is 1. The van der Waals surface area contributed by atoms with Gasteiger partial charge >= 0.3 is 0 Å². The van der Waals surface area contributed by atoms with Crippen LogP contribution in [0.1, 0.15) is 42.2 Å². The summed E-state index contributed by atoms with van der Waals surface area (Å²) in [5.74, 6) is -4.37. The monoisotopic (exact) mass is 524 g/mol. The minimum Gasteiger partial charge on any atom is -0.493 e. The number of pyridine rings is 2. The van der Waals surface area contributed by atoms with Gasteiger partial charge in [0, 0.05) is 42.9 Å². The van der Waals surface area contributed by atoms with Gasteiger partial charge in [-0.05, 0) is 26.0 Å². The number of benzene rings is 2. The Bertz CT molecular complexity index is 1540. The summed E-state index contributed by atoms with van der Waals surface area (Å²) in [6, 6.07) is 8.24. The molecule has 0 fully saturated rings. The highest BCUT2D eigenvalue weighted by molar-refractivity contribution is 6.09. The number of anilines is 1. The first-order chi connectivity index (χ1) is 18.3. The zero-order valence-electron chi connectivity index (χ0n) is 20.7. The molecule has 0 radical (unpaired) electrons. The van der Waals surface area contributed by atoms with Gasteiger partial charge in [0.2, 0.25) is 0 Å². The van der Waals surface area contributed by atoms with Crippen molar-refractivity contribution in [3.63, 3.8) is 0 Å². The average Bonchev–Trinajstić information content (AvgIpc) is 2.92. The molecule has 1 amide bonds. The summed E-state index contributed by atoms with van der Waals surface area (Å²) >= 11 is 0. The lowest BCUT2D eigenvalue weighted by atomic mass is 9.99. The smallest absolute Gasteiger partial charge is 0.255 e. The normalized spacial score (nSPS) is 14.6. The molecule has 1 N–H and O–H groups in total. The van der Waals surface area contributed by atoms with Gasteiger partial charge in [-0.25, -0.2) is 17.6 Å². The molecule has 0 aliphatic carbocycles. The van der Waals surface area contributed by atoms with Crippen molar-refractivity contribution < 1.29 is 27.1 Å². The molecule has 0 spiro atoms. The van der Waals surface area contributed by atoms with Gasteiger partial charge in [-0.1, -0.05) is 18.2 Å². The fraction of sp³-hybridized carbons (Fsp3) is 0.250. The average molecular weight is 525 g/mol. The summed E-state index contributed by atoms with van der Waals surface area (Å²) in [6.07, 6.45) is 2.64. The molecule has 0 unspecified atom stereocenters. The van der Waals surface area contributed by atoms with Crippen molar-refractivity contribution in [1.82, 2.24) is 15.3 Å². The van der Waals surface area contributed by atoms with Gasteiger partial charge in [-0.15, -0.1) is 0 Å². The van der Waals surface area contributed by atoms with Crippen LogP contribution in [-0.4, -0.2) is 35.6 Å². The number of ether oxygens (including phenoxy) is 1. The molecule has 1 aliphatic rings. The fourth-order valence-electron chi connectivity index (χ4n) is 4.84. The van der Waals surface area contributed by atoms with Crippen LogP contribution < -0.4 is 15.0 Å². The molecule has 10 heteroatoms. The number of carbonyl (C=O) groups is 1. The number of carbonyl (C=O) groups excluding carboxylic acids is 1. The first kappa shape index (κ1) is 25.4. The zero-order valence-corrected chi connectivity index (χ0v) is 20.7. The van der Waals surface area contributed by atoms with E-state index in [2.05, 4.69) is 15.3 Å². The van der Waals surface area contributed by atoms with E-state index < -0.39 is 34.7 Å². The Morgan fingerprint density at radius 3 is 2.58 bits per heavy atom. The number of rotatable bonds is 6. The lowest BCUT2D eigenvalue weighted by molar-refractivity contribution is 0.0925. The van der Waals surface area contributed by atoms with Gasteiger partial charge in [-0.3, -0.25) is 14.8 Å². The summed E-state index contributed by atoms with van der Waals surface area (Å²) in [5, 5.41) is 2.91. The Kier molecular flexibility index (Phi) is 6.88. The summed E-state index contributed by atoms with van der Waals surface area (Å²) in [4.78, 5) is 23.6. The molecule has 196 valence electrons. The van der Waals surface area contributed by atoms with E-state index in [1.165, 1.54) is 6.20 Å². The van der Waals surface area contributed by atoms with Crippen LogP contribution in [0.3, 0.4) is 0 Å². The van der Waals surface area contributed by atoms with Gasteiger partial charge in [0.05, 0.1) is 41.2 Å².